The Morgan fingerprint density at radius 1 is 1.25 bits per heavy atom. The number of hydrogen-bond acceptors (Lipinski definition) is 2. The summed E-state index contributed by atoms with van der Waals surface area (Å²) < 4.78 is 16.5. The van der Waals surface area contributed by atoms with Crippen molar-refractivity contribution in [2.24, 2.45) is 0 Å². The van der Waals surface area contributed by atoms with Crippen molar-refractivity contribution in [1.82, 2.24) is 0 Å². The zero-order valence-corrected chi connectivity index (χ0v) is 6.89. The van der Waals surface area contributed by atoms with Crippen LogP contribution >= 0.6 is 0 Å². The van der Waals surface area contributed by atoms with Crippen LogP contribution in [0.5, 0.6) is 0 Å². The van der Waals surface area contributed by atoms with Crippen molar-refractivity contribution in [3.63, 3.8) is 0 Å². The Hall–Kier alpha value is 1.46. The summed E-state index contributed by atoms with van der Waals surface area (Å²) in [5.41, 5.74) is 0. The molecule has 0 aromatic carbocycles. The Morgan fingerprint density at radius 2 is 1.25 bits per heavy atom. The zero-order chi connectivity index (χ0) is 4.00. The molecule has 0 rings (SSSR count). The van der Waals surface area contributed by atoms with Crippen molar-refractivity contribution in [1.29, 1.82) is 0 Å². The van der Waals surface area contributed by atoms with E-state index in [0.717, 1.165) is 0 Å². The van der Waals surface area contributed by atoms with Crippen LogP contribution in [0, 0.1) is 33.8 Å². The first-order valence-electron chi connectivity index (χ1n) is 0.365. The van der Waals surface area contributed by atoms with Gasteiger partial charge in [0, 0.05) is 0 Å². The summed E-state index contributed by atoms with van der Waals surface area (Å²) in [6.45, 7) is 0. The van der Waals surface area contributed by atoms with E-state index in [2.05, 4.69) is 0 Å². The fourth-order valence-corrected chi connectivity index (χ4v) is 0. The van der Waals surface area contributed by atoms with E-state index in [4.69, 9.17) is 5.16 Å². The SMILES string of the molecule is [O]=[La].[O]=[Pd]. The Balaban J connectivity index is 0. The first kappa shape index (κ1) is 9.07. The van der Waals surface area contributed by atoms with Gasteiger partial charge < -0.3 is 0 Å². The Morgan fingerprint density at radius 3 is 1.25 bits per heavy atom. The van der Waals surface area contributed by atoms with Gasteiger partial charge in [-0.15, -0.1) is 0 Å². The van der Waals surface area contributed by atoms with E-state index in [0.29, 0.717) is 0 Å². The van der Waals surface area contributed by atoms with Crippen LogP contribution in [-0.4, -0.2) is 0 Å². The number of rotatable bonds is 0. The van der Waals surface area contributed by atoms with Crippen LogP contribution in [0.25, 0.3) is 0 Å². The Bertz CT molecular complexity index is 8.00. The second-order valence-electron chi connectivity index (χ2n) is 0. The standard InChI is InChI=1S/La.2O.Pd. The topological polar surface area (TPSA) is 34.1 Å². The Kier molecular flexibility index (Phi) is 56.9. The molecular weight excluding hydrogens is 277 g/mol. The quantitative estimate of drug-likeness (QED) is 0.573. The first-order valence-corrected chi connectivity index (χ1v) is 2.48. The van der Waals surface area contributed by atoms with E-state index in [1.165, 1.54) is 19.2 Å². The zero-order valence-electron chi connectivity index (χ0n) is 1.71. The fraction of sp³-hybridized carbons (Fsp3) is 0. The third kappa shape index (κ3) is 9.83. The van der Waals surface area contributed by atoms with E-state index < -0.39 is 0 Å². The van der Waals surface area contributed by atoms with Gasteiger partial charge in [0.05, 0.1) is 0 Å². The van der Waals surface area contributed by atoms with Gasteiger partial charge in [0.15, 0.2) is 0 Å². The molecule has 0 saturated carbocycles. The van der Waals surface area contributed by atoms with Gasteiger partial charge >= 0.3 is 58.1 Å². The van der Waals surface area contributed by atoms with E-state index in [-0.39, 0.29) is 33.8 Å². The van der Waals surface area contributed by atoms with Crippen molar-refractivity contribution in [2.45, 2.75) is 0 Å². The molecule has 0 heterocycles. The van der Waals surface area contributed by atoms with E-state index in [1.807, 2.05) is 0 Å². The normalized spacial score (nSPS) is 3.00. The van der Waals surface area contributed by atoms with Gasteiger partial charge in [-0.25, -0.2) is 0 Å². The molecule has 25 valence electrons. The molecule has 0 spiro atoms. The van der Waals surface area contributed by atoms with Gasteiger partial charge in [-0.3, -0.25) is 0 Å². The molecule has 2 nitrogen and oxygen atoms in total. The summed E-state index contributed by atoms with van der Waals surface area (Å²) in [6.07, 6.45) is 0. The van der Waals surface area contributed by atoms with E-state index >= 15 is 0 Å². The van der Waals surface area contributed by atoms with Gasteiger partial charge in [0.25, 0.3) is 0 Å². The summed E-state index contributed by atoms with van der Waals surface area (Å²) in [5.74, 6) is 0. The van der Waals surface area contributed by atoms with Crippen LogP contribution in [0.2, 0.25) is 0 Å². The molecule has 0 aliphatic heterocycles. The molecule has 0 aliphatic rings. The summed E-state index contributed by atoms with van der Waals surface area (Å²) in [6, 6.07) is 0. The molecule has 0 atom stereocenters. The van der Waals surface area contributed by atoms with Crippen molar-refractivity contribution in [3.05, 3.63) is 0 Å². The first-order chi connectivity index (χ1) is 2.00. The molecule has 0 amide bonds. The molecule has 4 heteroatoms. The minimum atomic E-state index is -0.0833. The third-order valence-electron chi connectivity index (χ3n) is 0. The minimum absolute atomic E-state index is 0.0833. The summed E-state index contributed by atoms with van der Waals surface area (Å²) in [4.78, 5) is 0. The maximum absolute atomic E-state index is 8.42. The predicted molar refractivity (Wildman–Crippen MR) is 1.37 cm³/mol. The summed E-state index contributed by atoms with van der Waals surface area (Å²) in [5, 5.41) is 0. The molecule has 0 unspecified atom stereocenters. The van der Waals surface area contributed by atoms with Crippen molar-refractivity contribution in [2.75, 3.05) is 0 Å². The van der Waals surface area contributed by atoms with Crippen LogP contribution < -0.4 is 0 Å². The molecule has 4 heavy (non-hydrogen) atoms. The van der Waals surface area contributed by atoms with Gasteiger partial charge in [-0.2, -0.15) is 0 Å². The predicted octanol–water partition coefficient (Wildman–Crippen LogP) is -0.240. The van der Waals surface area contributed by atoms with Crippen molar-refractivity contribution < 1.29 is 58.1 Å². The molecule has 0 aliphatic carbocycles. The third-order valence-corrected chi connectivity index (χ3v) is 0. The molecule has 0 fully saturated rings. The molecular formula is LaO2Pd. The average Bonchev–Trinajstić information content (AvgIpc) is 1.50. The van der Waals surface area contributed by atoms with Crippen molar-refractivity contribution >= 4 is 0 Å². The van der Waals surface area contributed by atoms with E-state index in [9.17, 15) is 0 Å². The Labute approximate surface area is 57.4 Å². The van der Waals surface area contributed by atoms with Crippen molar-refractivity contribution in [3.8, 4) is 0 Å². The fourth-order valence-electron chi connectivity index (χ4n) is 0. The second kappa shape index (κ2) is 25.1. The monoisotopic (exact) mass is 277 g/mol. The molecule has 0 radical (unpaired) electrons. The van der Waals surface area contributed by atoms with Crippen LogP contribution in [0.1, 0.15) is 0 Å². The van der Waals surface area contributed by atoms with Gasteiger partial charge in [-0.05, 0) is 0 Å². The maximum atomic E-state index is 8.42. The summed E-state index contributed by atoms with van der Waals surface area (Å²) >= 11 is 1.42. The van der Waals surface area contributed by atoms with Crippen LogP contribution in [0.15, 0.2) is 0 Å². The average molecular weight is 277 g/mol. The van der Waals surface area contributed by atoms with Crippen LogP contribution in [0.4, 0.5) is 0 Å². The van der Waals surface area contributed by atoms with Gasteiger partial charge in [-0.1, -0.05) is 0 Å². The van der Waals surface area contributed by atoms with Crippen LogP contribution in [0.3, 0.4) is 0 Å². The van der Waals surface area contributed by atoms with Gasteiger partial charge in [0.1, 0.15) is 0 Å². The second-order valence-corrected chi connectivity index (χ2v) is 0. The molecule has 0 aromatic rings. The molecule has 0 N–H and O–H groups in total. The molecule has 0 aromatic heterocycles. The van der Waals surface area contributed by atoms with Gasteiger partial charge in [0.2, 0.25) is 0 Å². The van der Waals surface area contributed by atoms with E-state index in [1.54, 1.807) is 0 Å². The van der Waals surface area contributed by atoms with Crippen LogP contribution in [-0.2, 0) is 24.3 Å². The number of hydrogen-bond donors (Lipinski definition) is 0. The summed E-state index contributed by atoms with van der Waals surface area (Å²) in [7, 11) is 0. The molecule has 0 bridgehead atoms. The molecule has 0 saturated heterocycles.